The molecule has 1 aromatic rings. The second kappa shape index (κ2) is 5.17. The van der Waals surface area contributed by atoms with E-state index in [0.29, 0.717) is 0 Å². The van der Waals surface area contributed by atoms with Crippen molar-refractivity contribution in [3.8, 4) is 0 Å². The van der Waals surface area contributed by atoms with Crippen LogP contribution in [-0.2, 0) is 20.3 Å². The molecule has 1 aliphatic heterocycles. The van der Waals surface area contributed by atoms with Crippen LogP contribution in [0.4, 0.5) is 5.69 Å². The zero-order valence-electron chi connectivity index (χ0n) is 13.0. The first-order valence-corrected chi connectivity index (χ1v) is 8.18. The van der Waals surface area contributed by atoms with Crippen LogP contribution in [0.25, 0.3) is 0 Å². The maximum atomic E-state index is 11.6. The van der Waals surface area contributed by atoms with Crippen LogP contribution in [0.1, 0.15) is 27.7 Å². The lowest BCUT2D eigenvalue weighted by molar-refractivity contribution is 0.00578. The Morgan fingerprint density at radius 2 is 1.70 bits per heavy atom. The highest BCUT2D eigenvalue weighted by molar-refractivity contribution is 7.85. The average molecular weight is 295 g/mol. The fourth-order valence-electron chi connectivity index (χ4n) is 1.99. The molecule has 1 aliphatic rings. The molecule has 0 aromatic heterocycles. The van der Waals surface area contributed by atoms with E-state index in [0.717, 1.165) is 11.2 Å². The van der Waals surface area contributed by atoms with E-state index >= 15 is 0 Å². The number of anilines is 1. The molecule has 1 atom stereocenters. The first-order chi connectivity index (χ1) is 9.14. The third kappa shape index (κ3) is 2.78. The Hall–Kier alpha value is -0.845. The lowest BCUT2D eigenvalue weighted by Crippen LogP contribution is -2.41. The maximum absolute atomic E-state index is 11.6. The van der Waals surface area contributed by atoms with E-state index < -0.39 is 18.1 Å². The topological polar surface area (TPSA) is 38.8 Å². The van der Waals surface area contributed by atoms with E-state index in [9.17, 15) is 4.21 Å². The zero-order valence-corrected chi connectivity index (χ0v) is 13.8. The standard InChI is InChI=1S/C14H22BNO3S/c1-13(2)14(3,4)19-15(18-13)11-8-7-9-12(10-11)16(5)20(6)17/h7-10H,1-6H3. The Morgan fingerprint density at radius 1 is 1.15 bits per heavy atom. The van der Waals surface area contributed by atoms with Gasteiger partial charge in [-0.15, -0.1) is 0 Å². The third-order valence-corrected chi connectivity index (χ3v) is 5.13. The van der Waals surface area contributed by atoms with Crippen LogP contribution in [0, 0.1) is 0 Å². The first-order valence-electron chi connectivity index (χ1n) is 6.67. The molecule has 0 aliphatic carbocycles. The smallest absolute Gasteiger partial charge is 0.399 e. The minimum atomic E-state index is -1.05. The third-order valence-electron chi connectivity index (χ3n) is 4.14. The summed E-state index contributed by atoms with van der Waals surface area (Å²) >= 11 is 0. The molecule has 1 unspecified atom stereocenters. The quantitative estimate of drug-likeness (QED) is 0.797. The van der Waals surface area contributed by atoms with Crippen LogP contribution in [-0.4, -0.2) is 35.8 Å². The summed E-state index contributed by atoms with van der Waals surface area (Å²) in [4.78, 5) is 0. The van der Waals surface area contributed by atoms with Gasteiger partial charge in [-0.1, -0.05) is 12.1 Å². The highest BCUT2D eigenvalue weighted by atomic mass is 32.2. The summed E-state index contributed by atoms with van der Waals surface area (Å²) in [5, 5.41) is 0. The van der Waals surface area contributed by atoms with E-state index in [1.54, 1.807) is 17.6 Å². The molecule has 1 heterocycles. The van der Waals surface area contributed by atoms with Crippen LogP contribution < -0.4 is 9.77 Å². The van der Waals surface area contributed by atoms with Crippen LogP contribution in [0.5, 0.6) is 0 Å². The van der Waals surface area contributed by atoms with E-state index in [1.165, 1.54) is 0 Å². The van der Waals surface area contributed by atoms with Crippen molar-refractivity contribution in [3.63, 3.8) is 0 Å². The first kappa shape index (κ1) is 15.5. The number of hydrogen-bond donors (Lipinski definition) is 0. The lowest BCUT2D eigenvalue weighted by Gasteiger charge is -2.32. The second-order valence-corrected chi connectivity index (χ2v) is 7.50. The van der Waals surface area contributed by atoms with Gasteiger partial charge < -0.3 is 9.31 Å². The molecule has 6 heteroatoms. The van der Waals surface area contributed by atoms with E-state index in [1.807, 2.05) is 52.0 Å². The monoisotopic (exact) mass is 295 g/mol. The summed E-state index contributed by atoms with van der Waals surface area (Å²) in [6.45, 7) is 8.13. The van der Waals surface area contributed by atoms with Crippen molar-refractivity contribution in [1.82, 2.24) is 0 Å². The fourth-order valence-corrected chi connectivity index (χ4v) is 2.41. The molecule has 1 saturated heterocycles. The van der Waals surface area contributed by atoms with Gasteiger partial charge in [-0.3, -0.25) is 4.31 Å². The number of nitrogens with zero attached hydrogens (tertiary/aromatic N) is 1. The van der Waals surface area contributed by atoms with Crippen LogP contribution >= 0.6 is 0 Å². The van der Waals surface area contributed by atoms with Gasteiger partial charge in [0.05, 0.1) is 11.2 Å². The maximum Gasteiger partial charge on any atom is 0.494 e. The molecule has 0 saturated carbocycles. The Balaban J connectivity index is 2.28. The van der Waals surface area contributed by atoms with Crippen molar-refractivity contribution < 1.29 is 13.5 Å². The molecule has 1 aromatic carbocycles. The lowest BCUT2D eigenvalue weighted by atomic mass is 9.79. The summed E-state index contributed by atoms with van der Waals surface area (Å²) in [6.07, 6.45) is 1.65. The van der Waals surface area contributed by atoms with Gasteiger partial charge in [-0.25, -0.2) is 4.21 Å². The summed E-state index contributed by atoms with van der Waals surface area (Å²) in [6, 6.07) is 7.79. The molecule has 0 N–H and O–H groups in total. The molecule has 0 radical (unpaired) electrons. The normalized spacial score (nSPS) is 21.8. The second-order valence-electron chi connectivity index (χ2n) is 6.10. The predicted octanol–water partition coefficient (Wildman–Crippen LogP) is 1.72. The average Bonchev–Trinajstić information content (AvgIpc) is 2.57. The van der Waals surface area contributed by atoms with Crippen molar-refractivity contribution in [3.05, 3.63) is 24.3 Å². The highest BCUT2D eigenvalue weighted by Crippen LogP contribution is 2.36. The molecule has 4 nitrogen and oxygen atoms in total. The molecule has 0 amide bonds. The van der Waals surface area contributed by atoms with Gasteiger partial charge in [-0.2, -0.15) is 0 Å². The van der Waals surface area contributed by atoms with Gasteiger partial charge in [0, 0.05) is 19.0 Å². The number of rotatable bonds is 3. The molecular formula is C14H22BNO3S. The molecule has 20 heavy (non-hydrogen) atoms. The zero-order chi connectivity index (χ0) is 15.1. The molecule has 2 rings (SSSR count). The van der Waals surface area contributed by atoms with E-state index in [-0.39, 0.29) is 11.2 Å². The summed E-state index contributed by atoms with van der Waals surface area (Å²) in [5.41, 5.74) is 1.12. The van der Waals surface area contributed by atoms with Gasteiger partial charge >= 0.3 is 7.12 Å². The number of benzene rings is 1. The van der Waals surface area contributed by atoms with Crippen LogP contribution in [0.3, 0.4) is 0 Å². The fraction of sp³-hybridized carbons (Fsp3) is 0.571. The SMILES string of the molecule is CN(c1cccc(B2OC(C)(C)C(C)(C)O2)c1)S(C)=O. The van der Waals surface area contributed by atoms with Crippen molar-refractivity contribution in [2.45, 2.75) is 38.9 Å². The van der Waals surface area contributed by atoms with Gasteiger partial charge in [0.2, 0.25) is 0 Å². The number of hydrogen-bond acceptors (Lipinski definition) is 3. The molecule has 1 fully saturated rings. The van der Waals surface area contributed by atoms with Crippen LogP contribution in [0.2, 0.25) is 0 Å². The molecular weight excluding hydrogens is 273 g/mol. The van der Waals surface area contributed by atoms with Gasteiger partial charge in [0.25, 0.3) is 0 Å². The Kier molecular flexibility index (Phi) is 4.02. The van der Waals surface area contributed by atoms with Crippen molar-refractivity contribution in [2.75, 3.05) is 17.6 Å². The minimum absolute atomic E-state index is 0.354. The minimum Gasteiger partial charge on any atom is -0.399 e. The Labute approximate surface area is 124 Å². The Bertz CT molecular complexity index is 517. The predicted molar refractivity (Wildman–Crippen MR) is 84.6 cm³/mol. The summed E-state index contributed by atoms with van der Waals surface area (Å²) in [7, 11) is 0.365. The van der Waals surface area contributed by atoms with Gasteiger partial charge in [0.1, 0.15) is 11.0 Å². The highest BCUT2D eigenvalue weighted by Gasteiger charge is 2.51. The summed E-state index contributed by atoms with van der Waals surface area (Å²) < 4.78 is 25.3. The Morgan fingerprint density at radius 3 is 2.20 bits per heavy atom. The largest absolute Gasteiger partial charge is 0.494 e. The van der Waals surface area contributed by atoms with E-state index in [2.05, 4.69) is 0 Å². The van der Waals surface area contributed by atoms with E-state index in [4.69, 9.17) is 9.31 Å². The van der Waals surface area contributed by atoms with Crippen molar-refractivity contribution >= 4 is 29.3 Å². The van der Waals surface area contributed by atoms with Crippen molar-refractivity contribution in [1.29, 1.82) is 0 Å². The van der Waals surface area contributed by atoms with Gasteiger partial charge in [0.15, 0.2) is 0 Å². The van der Waals surface area contributed by atoms with Crippen molar-refractivity contribution in [2.24, 2.45) is 0 Å². The summed E-state index contributed by atoms with van der Waals surface area (Å²) in [5.74, 6) is 0. The molecule has 0 bridgehead atoms. The molecule has 0 spiro atoms. The van der Waals surface area contributed by atoms with Crippen LogP contribution in [0.15, 0.2) is 24.3 Å². The molecule has 110 valence electrons. The van der Waals surface area contributed by atoms with Gasteiger partial charge in [-0.05, 0) is 45.3 Å².